The molecule has 2 aromatic rings. The number of rotatable bonds is 3. The van der Waals surface area contributed by atoms with E-state index in [0.717, 1.165) is 17.3 Å². The molecule has 1 heterocycles. The molecule has 2 rings (SSSR count). The van der Waals surface area contributed by atoms with Crippen LogP contribution in [0.5, 0.6) is 0 Å². The maximum absolute atomic E-state index is 12.5. The van der Waals surface area contributed by atoms with E-state index < -0.39 is 0 Å². The number of carbonyl (C=O) groups is 1. The lowest BCUT2D eigenvalue weighted by Gasteiger charge is -2.33. The lowest BCUT2D eigenvalue weighted by atomic mass is 9.81. The first kappa shape index (κ1) is 15.4. The third-order valence-electron chi connectivity index (χ3n) is 3.37. The van der Waals surface area contributed by atoms with Gasteiger partial charge in [0.2, 0.25) is 0 Å². The van der Waals surface area contributed by atoms with Gasteiger partial charge < -0.3 is 16.0 Å². The summed E-state index contributed by atoms with van der Waals surface area (Å²) in [4.78, 5) is 15.6. The first-order valence-electron chi connectivity index (χ1n) is 7.27. The van der Waals surface area contributed by atoms with E-state index in [1.165, 1.54) is 0 Å². The molecule has 1 amide bonds. The Hall–Kier alpha value is -1.97. The van der Waals surface area contributed by atoms with E-state index in [2.05, 4.69) is 44.9 Å². The number of anilines is 1. The van der Waals surface area contributed by atoms with Crippen molar-refractivity contribution in [1.29, 1.82) is 0 Å². The van der Waals surface area contributed by atoms with Crippen LogP contribution in [0.1, 0.15) is 51.4 Å². The Morgan fingerprint density at radius 2 is 1.90 bits per heavy atom. The predicted molar refractivity (Wildman–Crippen MR) is 88.3 cm³/mol. The molecule has 4 N–H and O–H groups in total. The van der Waals surface area contributed by atoms with E-state index in [9.17, 15) is 4.79 Å². The molecule has 0 fully saturated rings. The first-order valence-corrected chi connectivity index (χ1v) is 7.27. The third-order valence-corrected chi connectivity index (χ3v) is 3.37. The van der Waals surface area contributed by atoms with E-state index in [-0.39, 0.29) is 16.9 Å². The second-order valence-electron chi connectivity index (χ2n) is 7.58. The highest BCUT2D eigenvalue weighted by Crippen LogP contribution is 2.28. The second kappa shape index (κ2) is 5.10. The molecular weight excluding hydrogens is 262 g/mol. The van der Waals surface area contributed by atoms with Gasteiger partial charge in [-0.15, -0.1) is 0 Å². The monoisotopic (exact) mass is 287 g/mol. The summed E-state index contributed by atoms with van der Waals surface area (Å²) in [7, 11) is 0. The number of hydrogen-bond donors (Lipinski definition) is 3. The summed E-state index contributed by atoms with van der Waals surface area (Å²) in [6, 6.07) is 5.53. The standard InChI is InChI=1S/C17H25N3O/c1-16(2,3)10-17(4,5)20-15(21)13-9-19-14-8-11(18)6-7-12(13)14/h6-9,19H,10,18H2,1-5H3,(H,20,21). The summed E-state index contributed by atoms with van der Waals surface area (Å²) in [6.45, 7) is 10.6. The molecule has 1 aromatic carbocycles. The van der Waals surface area contributed by atoms with Gasteiger partial charge in [-0.3, -0.25) is 4.79 Å². The molecule has 4 nitrogen and oxygen atoms in total. The highest BCUT2D eigenvalue weighted by molar-refractivity contribution is 6.07. The van der Waals surface area contributed by atoms with Crippen LogP contribution in [0.25, 0.3) is 10.9 Å². The molecule has 1 aromatic heterocycles. The average molecular weight is 287 g/mol. The van der Waals surface area contributed by atoms with Crippen LogP contribution in [0.15, 0.2) is 24.4 Å². The Balaban J connectivity index is 2.23. The summed E-state index contributed by atoms with van der Waals surface area (Å²) in [5.74, 6) is -0.0553. The van der Waals surface area contributed by atoms with Gasteiger partial charge in [0, 0.05) is 28.3 Å². The second-order valence-corrected chi connectivity index (χ2v) is 7.58. The van der Waals surface area contributed by atoms with Crippen molar-refractivity contribution >= 4 is 22.5 Å². The number of aromatic nitrogens is 1. The largest absolute Gasteiger partial charge is 0.399 e. The summed E-state index contributed by atoms with van der Waals surface area (Å²) in [5, 5.41) is 4.03. The molecule has 21 heavy (non-hydrogen) atoms. The van der Waals surface area contributed by atoms with Crippen molar-refractivity contribution in [1.82, 2.24) is 10.3 Å². The first-order chi connectivity index (χ1) is 9.57. The molecule has 0 atom stereocenters. The molecule has 0 unspecified atom stereocenters. The normalized spacial score (nSPS) is 12.6. The molecule has 114 valence electrons. The Labute approximate surface area is 126 Å². The van der Waals surface area contributed by atoms with Gasteiger partial charge in [0.25, 0.3) is 5.91 Å². The molecule has 0 radical (unpaired) electrons. The molecule has 0 bridgehead atoms. The van der Waals surface area contributed by atoms with Crippen molar-refractivity contribution in [3.8, 4) is 0 Å². The molecule has 0 aliphatic carbocycles. The van der Waals surface area contributed by atoms with Crippen molar-refractivity contribution in [2.75, 3.05) is 5.73 Å². The lowest BCUT2D eigenvalue weighted by Crippen LogP contribution is -2.45. The van der Waals surface area contributed by atoms with Crippen molar-refractivity contribution in [3.63, 3.8) is 0 Å². The number of H-pyrrole nitrogens is 1. The zero-order valence-corrected chi connectivity index (χ0v) is 13.5. The van der Waals surface area contributed by atoms with Crippen molar-refractivity contribution in [2.45, 2.75) is 46.6 Å². The van der Waals surface area contributed by atoms with E-state index in [4.69, 9.17) is 5.73 Å². The number of aromatic amines is 1. The summed E-state index contributed by atoms with van der Waals surface area (Å²) >= 11 is 0. The number of amides is 1. The number of nitrogens with two attached hydrogens (primary N) is 1. The molecule has 0 saturated carbocycles. The molecule has 0 saturated heterocycles. The molecule has 0 aliphatic heterocycles. The maximum Gasteiger partial charge on any atom is 0.253 e. The zero-order valence-electron chi connectivity index (χ0n) is 13.5. The smallest absolute Gasteiger partial charge is 0.253 e. The number of fused-ring (bicyclic) bond motifs is 1. The quantitative estimate of drug-likeness (QED) is 0.753. The number of carbonyl (C=O) groups excluding carboxylic acids is 1. The highest BCUT2D eigenvalue weighted by Gasteiger charge is 2.28. The summed E-state index contributed by atoms with van der Waals surface area (Å²) < 4.78 is 0. The average Bonchev–Trinajstić information content (AvgIpc) is 2.67. The Kier molecular flexibility index (Phi) is 3.74. The van der Waals surface area contributed by atoms with Crippen LogP contribution < -0.4 is 11.1 Å². The number of benzene rings is 1. The highest BCUT2D eigenvalue weighted by atomic mass is 16.1. The number of nitrogen functional groups attached to an aromatic ring is 1. The van der Waals surface area contributed by atoms with Crippen LogP contribution in [0.2, 0.25) is 0 Å². The minimum atomic E-state index is -0.257. The summed E-state index contributed by atoms with van der Waals surface area (Å²) in [6.07, 6.45) is 2.65. The van der Waals surface area contributed by atoms with Crippen LogP contribution >= 0.6 is 0 Å². The van der Waals surface area contributed by atoms with Gasteiger partial charge in [-0.2, -0.15) is 0 Å². The predicted octanol–water partition coefficient (Wildman–Crippen LogP) is 3.69. The van der Waals surface area contributed by atoms with Gasteiger partial charge in [0.15, 0.2) is 0 Å². The zero-order chi connectivity index (χ0) is 15.8. The van der Waals surface area contributed by atoms with Crippen molar-refractivity contribution in [2.24, 2.45) is 5.41 Å². The van der Waals surface area contributed by atoms with Crippen LogP contribution in [0, 0.1) is 5.41 Å². The van der Waals surface area contributed by atoms with Crippen LogP contribution in [-0.2, 0) is 0 Å². The minimum absolute atomic E-state index is 0.0553. The Morgan fingerprint density at radius 1 is 1.24 bits per heavy atom. The molecular formula is C17H25N3O. The van der Waals surface area contributed by atoms with Gasteiger partial charge >= 0.3 is 0 Å². The van der Waals surface area contributed by atoms with Gasteiger partial charge in [-0.25, -0.2) is 0 Å². The third kappa shape index (κ3) is 3.78. The Morgan fingerprint density at radius 3 is 2.52 bits per heavy atom. The fraction of sp³-hybridized carbons (Fsp3) is 0.471. The fourth-order valence-electron chi connectivity index (χ4n) is 3.08. The lowest BCUT2D eigenvalue weighted by molar-refractivity contribution is 0.0893. The van der Waals surface area contributed by atoms with E-state index in [1.807, 2.05) is 18.2 Å². The topological polar surface area (TPSA) is 70.9 Å². The van der Waals surface area contributed by atoms with Crippen LogP contribution in [-0.4, -0.2) is 16.4 Å². The van der Waals surface area contributed by atoms with E-state index >= 15 is 0 Å². The fourth-order valence-corrected chi connectivity index (χ4v) is 3.08. The minimum Gasteiger partial charge on any atom is -0.399 e. The maximum atomic E-state index is 12.5. The van der Waals surface area contributed by atoms with Crippen molar-refractivity contribution in [3.05, 3.63) is 30.0 Å². The SMILES string of the molecule is CC(C)(C)CC(C)(C)NC(=O)c1c[nH]c2cc(N)ccc12. The summed E-state index contributed by atoms with van der Waals surface area (Å²) in [5.41, 5.74) is 7.89. The van der Waals surface area contributed by atoms with Crippen LogP contribution in [0.4, 0.5) is 5.69 Å². The van der Waals surface area contributed by atoms with E-state index in [0.29, 0.717) is 11.3 Å². The molecule has 0 aliphatic rings. The van der Waals surface area contributed by atoms with Gasteiger partial charge in [0.1, 0.15) is 0 Å². The van der Waals surface area contributed by atoms with Crippen molar-refractivity contribution < 1.29 is 4.79 Å². The Bertz CT molecular complexity index is 662. The van der Waals surface area contributed by atoms with Gasteiger partial charge in [0.05, 0.1) is 5.56 Å². The van der Waals surface area contributed by atoms with Gasteiger partial charge in [-0.05, 0) is 43.9 Å². The van der Waals surface area contributed by atoms with Crippen LogP contribution in [0.3, 0.4) is 0 Å². The number of nitrogens with one attached hydrogen (secondary N) is 2. The van der Waals surface area contributed by atoms with E-state index in [1.54, 1.807) is 6.20 Å². The number of hydrogen-bond acceptors (Lipinski definition) is 2. The molecule has 4 heteroatoms. The van der Waals surface area contributed by atoms with Gasteiger partial charge in [-0.1, -0.05) is 20.8 Å². The molecule has 0 spiro atoms.